The molecule has 5 nitrogen and oxygen atoms in total. The number of fused-ring (bicyclic) bond motifs is 2. The van der Waals surface area contributed by atoms with Crippen molar-refractivity contribution >= 4 is 28.1 Å². The molecule has 0 atom stereocenters. The molecule has 0 bridgehead atoms. The molecule has 1 aliphatic carbocycles. The third kappa shape index (κ3) is 3.42. The number of aromatic nitrogens is 1. The highest BCUT2D eigenvalue weighted by atomic mass is 16.3. The third-order valence-electron chi connectivity index (χ3n) is 6.18. The Labute approximate surface area is 170 Å². The molecule has 0 radical (unpaired) electrons. The summed E-state index contributed by atoms with van der Waals surface area (Å²) in [7, 11) is 2.15. The van der Waals surface area contributed by atoms with Crippen molar-refractivity contribution in [1.29, 1.82) is 0 Å². The van der Waals surface area contributed by atoms with Gasteiger partial charge in [0.15, 0.2) is 5.78 Å². The highest BCUT2D eigenvalue weighted by Crippen LogP contribution is 2.39. The van der Waals surface area contributed by atoms with Gasteiger partial charge in [-0.1, -0.05) is 18.2 Å². The summed E-state index contributed by atoms with van der Waals surface area (Å²) >= 11 is 0. The molecule has 1 heterocycles. The zero-order chi connectivity index (χ0) is 20.6. The summed E-state index contributed by atoms with van der Waals surface area (Å²) in [5, 5.41) is 14.3. The van der Waals surface area contributed by atoms with Crippen molar-refractivity contribution in [3.05, 3.63) is 59.8 Å². The van der Waals surface area contributed by atoms with Crippen molar-refractivity contribution in [2.45, 2.75) is 20.3 Å². The van der Waals surface area contributed by atoms with Gasteiger partial charge in [-0.2, -0.15) is 0 Å². The Morgan fingerprint density at radius 1 is 1.07 bits per heavy atom. The summed E-state index contributed by atoms with van der Waals surface area (Å²) in [6.07, 6.45) is 2.16. The highest BCUT2D eigenvalue weighted by Gasteiger charge is 2.26. The number of nitrogens with zero attached hydrogens (tertiary/aromatic N) is 3. The average molecular weight is 387 g/mol. The van der Waals surface area contributed by atoms with Gasteiger partial charge in [0.2, 0.25) is 0 Å². The molecule has 148 valence electrons. The van der Waals surface area contributed by atoms with Crippen LogP contribution in [0.2, 0.25) is 0 Å². The minimum absolute atomic E-state index is 0.0446. The van der Waals surface area contributed by atoms with E-state index in [0.717, 1.165) is 46.1 Å². The first-order chi connectivity index (χ1) is 14.0. The Bertz CT molecular complexity index is 1120. The number of aliphatic imine (C=N–C) groups is 1. The van der Waals surface area contributed by atoms with E-state index in [1.165, 1.54) is 0 Å². The lowest BCUT2D eigenvalue weighted by Crippen LogP contribution is -2.45. The van der Waals surface area contributed by atoms with Crippen molar-refractivity contribution in [1.82, 2.24) is 4.98 Å². The second-order valence-electron chi connectivity index (χ2n) is 7.85. The van der Waals surface area contributed by atoms with E-state index in [-0.39, 0.29) is 11.7 Å². The first kappa shape index (κ1) is 19.3. The maximum absolute atomic E-state index is 13.1. The second-order valence-corrected chi connectivity index (χ2v) is 7.85. The summed E-state index contributed by atoms with van der Waals surface area (Å²) < 4.78 is 0.844. The molecule has 0 aliphatic heterocycles. The van der Waals surface area contributed by atoms with Gasteiger partial charge in [-0.05, 0) is 49.4 Å². The summed E-state index contributed by atoms with van der Waals surface area (Å²) in [4.78, 5) is 21.9. The van der Waals surface area contributed by atoms with Crippen LogP contribution in [0.3, 0.4) is 0 Å². The fourth-order valence-corrected chi connectivity index (χ4v) is 3.87. The van der Waals surface area contributed by atoms with Crippen molar-refractivity contribution in [2.75, 3.05) is 26.7 Å². The van der Waals surface area contributed by atoms with E-state index in [1.54, 1.807) is 18.3 Å². The third-order valence-corrected chi connectivity index (χ3v) is 6.18. The highest BCUT2D eigenvalue weighted by molar-refractivity contribution is 6.25. The van der Waals surface area contributed by atoms with Gasteiger partial charge in [-0.15, -0.1) is 0 Å². The standard InChI is InChI=1S/C24H25N3O2/c1-4-27(3,5-2)14-12-21(28)26-17-9-10-18-20(15-17)24(29)19-8-6-7-16-11-13-25-23(18)22(16)19/h6-11,13,15H,4-5,12,14H2,1-3H3. The monoisotopic (exact) mass is 387 g/mol. The molecule has 5 heteroatoms. The molecular formula is C24H25N3O2. The van der Waals surface area contributed by atoms with Gasteiger partial charge in [0.1, 0.15) is 0 Å². The molecule has 0 spiro atoms. The molecule has 0 amide bonds. The first-order valence-corrected chi connectivity index (χ1v) is 10.1. The van der Waals surface area contributed by atoms with Crippen molar-refractivity contribution < 1.29 is 14.4 Å². The van der Waals surface area contributed by atoms with Crippen LogP contribution in [-0.2, 0) is 0 Å². The van der Waals surface area contributed by atoms with Gasteiger partial charge in [0.25, 0.3) is 0 Å². The molecule has 4 rings (SSSR count). The van der Waals surface area contributed by atoms with Crippen molar-refractivity contribution in [3.8, 4) is 11.3 Å². The van der Waals surface area contributed by atoms with Gasteiger partial charge in [0, 0.05) is 34.7 Å². The Morgan fingerprint density at radius 2 is 1.86 bits per heavy atom. The fraction of sp³-hybridized carbons (Fsp3) is 0.292. The van der Waals surface area contributed by atoms with Crippen LogP contribution in [0, 0.1) is 0 Å². The molecule has 1 aliphatic rings. The van der Waals surface area contributed by atoms with Crippen LogP contribution in [-0.4, -0.2) is 47.8 Å². The molecule has 0 unspecified atom stereocenters. The summed E-state index contributed by atoms with van der Waals surface area (Å²) in [6.45, 7) is 6.99. The SMILES string of the molecule is CC[N+](C)(CC)CCC([O-])=Nc1ccc2c(c1)C(=O)c1cccc3ccnc-2c13. The quantitative estimate of drug-likeness (QED) is 0.288. The Morgan fingerprint density at radius 3 is 2.62 bits per heavy atom. The molecule has 3 aromatic rings. The smallest absolute Gasteiger partial charge is 0.194 e. The van der Waals surface area contributed by atoms with E-state index in [0.29, 0.717) is 23.2 Å². The van der Waals surface area contributed by atoms with E-state index < -0.39 is 0 Å². The number of hydrogen-bond acceptors (Lipinski definition) is 4. The van der Waals surface area contributed by atoms with Crippen molar-refractivity contribution in [3.63, 3.8) is 0 Å². The van der Waals surface area contributed by atoms with Crippen LogP contribution in [0.1, 0.15) is 36.2 Å². The minimum atomic E-state index is -0.153. The van der Waals surface area contributed by atoms with Gasteiger partial charge in [0.05, 0.1) is 38.1 Å². The lowest BCUT2D eigenvalue weighted by molar-refractivity contribution is -0.905. The molecule has 0 saturated carbocycles. The number of carbonyl (C=O) groups excluding carboxylic acids is 1. The molecule has 2 aromatic carbocycles. The average Bonchev–Trinajstić information content (AvgIpc) is 2.75. The largest absolute Gasteiger partial charge is 0.862 e. The summed E-state index contributed by atoms with van der Waals surface area (Å²) in [6, 6.07) is 13.0. The number of carbonyl (C=O) groups is 1. The molecule has 29 heavy (non-hydrogen) atoms. The number of ketones is 1. The maximum atomic E-state index is 13.1. The number of pyridine rings is 1. The number of quaternary nitrogens is 1. The fourth-order valence-electron chi connectivity index (χ4n) is 3.87. The maximum Gasteiger partial charge on any atom is 0.194 e. The number of rotatable bonds is 6. The van der Waals surface area contributed by atoms with Crippen LogP contribution in [0.5, 0.6) is 0 Å². The van der Waals surface area contributed by atoms with Gasteiger partial charge in [-0.3, -0.25) is 14.8 Å². The molecule has 0 N–H and O–H groups in total. The van der Waals surface area contributed by atoms with Gasteiger partial charge >= 0.3 is 0 Å². The first-order valence-electron chi connectivity index (χ1n) is 10.1. The summed E-state index contributed by atoms with van der Waals surface area (Å²) in [5.74, 6) is -0.197. The summed E-state index contributed by atoms with van der Waals surface area (Å²) in [5.41, 5.74) is 3.34. The molecular weight excluding hydrogens is 362 g/mol. The molecule has 0 saturated heterocycles. The lowest BCUT2D eigenvalue weighted by Gasteiger charge is -2.32. The van der Waals surface area contributed by atoms with E-state index in [9.17, 15) is 9.90 Å². The minimum Gasteiger partial charge on any atom is -0.862 e. The van der Waals surface area contributed by atoms with Gasteiger partial charge < -0.3 is 9.59 Å². The van der Waals surface area contributed by atoms with Crippen LogP contribution < -0.4 is 5.11 Å². The van der Waals surface area contributed by atoms with Crippen LogP contribution in [0.15, 0.2) is 53.7 Å². The Hall–Kier alpha value is -3.05. The zero-order valence-corrected chi connectivity index (χ0v) is 17.1. The van der Waals surface area contributed by atoms with Crippen LogP contribution in [0.25, 0.3) is 22.0 Å². The zero-order valence-electron chi connectivity index (χ0n) is 17.1. The predicted octanol–water partition coefficient (Wildman–Crippen LogP) is 3.71. The number of benzene rings is 2. The topological polar surface area (TPSA) is 65.4 Å². The van der Waals surface area contributed by atoms with Gasteiger partial charge in [-0.25, -0.2) is 0 Å². The van der Waals surface area contributed by atoms with Crippen LogP contribution >= 0.6 is 0 Å². The van der Waals surface area contributed by atoms with Crippen LogP contribution in [0.4, 0.5) is 5.69 Å². The lowest BCUT2D eigenvalue weighted by atomic mass is 9.85. The number of hydrogen-bond donors (Lipinski definition) is 0. The second kappa shape index (κ2) is 7.41. The molecule has 0 fully saturated rings. The van der Waals surface area contributed by atoms with Crippen molar-refractivity contribution in [2.24, 2.45) is 4.99 Å². The van der Waals surface area contributed by atoms with E-state index in [2.05, 4.69) is 30.9 Å². The van der Waals surface area contributed by atoms with E-state index in [1.807, 2.05) is 30.3 Å². The normalized spacial score (nSPS) is 13.6. The van der Waals surface area contributed by atoms with E-state index >= 15 is 0 Å². The van der Waals surface area contributed by atoms with E-state index in [4.69, 9.17) is 0 Å². The Balaban J connectivity index is 1.69. The molecule has 1 aromatic heterocycles. The Kier molecular flexibility index (Phi) is 4.92. The predicted molar refractivity (Wildman–Crippen MR) is 114 cm³/mol.